The van der Waals surface area contributed by atoms with E-state index in [1.165, 1.54) is 0 Å². The van der Waals surface area contributed by atoms with E-state index in [0.717, 1.165) is 0 Å². The minimum absolute atomic E-state index is 0.181. The fourth-order valence-corrected chi connectivity index (χ4v) is 1.59. The van der Waals surface area contributed by atoms with Gasteiger partial charge < -0.3 is 19.9 Å². The SMILES string of the molecule is CCOC(=O)[C@H](CO)NC(=O)c1ccccc1OCC. The normalized spacial score (nSPS) is 11.6. The van der Waals surface area contributed by atoms with Crippen molar-refractivity contribution >= 4 is 11.9 Å². The van der Waals surface area contributed by atoms with Crippen LogP contribution >= 0.6 is 0 Å². The summed E-state index contributed by atoms with van der Waals surface area (Å²) < 4.78 is 10.1. The predicted molar refractivity (Wildman–Crippen MR) is 72.6 cm³/mol. The number of esters is 1. The Morgan fingerprint density at radius 3 is 2.55 bits per heavy atom. The highest BCUT2D eigenvalue weighted by Crippen LogP contribution is 2.17. The van der Waals surface area contributed by atoms with E-state index in [0.29, 0.717) is 17.9 Å². The first-order valence-corrected chi connectivity index (χ1v) is 6.44. The van der Waals surface area contributed by atoms with E-state index in [-0.39, 0.29) is 6.61 Å². The Morgan fingerprint density at radius 1 is 1.25 bits per heavy atom. The number of amides is 1. The molecule has 20 heavy (non-hydrogen) atoms. The average Bonchev–Trinajstić information content (AvgIpc) is 2.45. The molecule has 1 amide bonds. The molecule has 0 saturated heterocycles. The van der Waals surface area contributed by atoms with E-state index in [2.05, 4.69) is 5.32 Å². The van der Waals surface area contributed by atoms with Gasteiger partial charge in [0, 0.05) is 0 Å². The summed E-state index contributed by atoms with van der Waals surface area (Å²) in [5.74, 6) is -0.744. The Kier molecular flexibility index (Phi) is 6.52. The minimum atomic E-state index is -1.09. The predicted octanol–water partition coefficient (Wildman–Crippen LogP) is 0.739. The second-order valence-corrected chi connectivity index (χ2v) is 3.89. The van der Waals surface area contributed by atoms with Gasteiger partial charge in [0.25, 0.3) is 5.91 Å². The molecular weight excluding hydrogens is 262 g/mol. The van der Waals surface area contributed by atoms with Crippen LogP contribution in [0.5, 0.6) is 5.75 Å². The summed E-state index contributed by atoms with van der Waals surface area (Å²) >= 11 is 0. The van der Waals surface area contributed by atoms with Gasteiger partial charge in [-0.05, 0) is 26.0 Å². The number of ether oxygens (including phenoxy) is 2. The molecule has 0 unspecified atom stereocenters. The van der Waals surface area contributed by atoms with Gasteiger partial charge in [0.2, 0.25) is 0 Å². The van der Waals surface area contributed by atoms with Gasteiger partial charge in [0.15, 0.2) is 6.04 Å². The van der Waals surface area contributed by atoms with Crippen molar-refractivity contribution in [2.75, 3.05) is 19.8 Å². The van der Waals surface area contributed by atoms with Crippen LogP contribution in [0.1, 0.15) is 24.2 Å². The van der Waals surface area contributed by atoms with Gasteiger partial charge in [-0.2, -0.15) is 0 Å². The monoisotopic (exact) mass is 281 g/mol. The van der Waals surface area contributed by atoms with Crippen LogP contribution in [0.15, 0.2) is 24.3 Å². The second-order valence-electron chi connectivity index (χ2n) is 3.89. The van der Waals surface area contributed by atoms with E-state index in [1.54, 1.807) is 31.2 Å². The lowest BCUT2D eigenvalue weighted by molar-refractivity contribution is -0.146. The second kappa shape index (κ2) is 8.16. The maximum absolute atomic E-state index is 12.1. The summed E-state index contributed by atoms with van der Waals surface area (Å²) in [6.07, 6.45) is 0. The number of aliphatic hydroxyl groups excluding tert-OH is 1. The van der Waals surface area contributed by atoms with Crippen molar-refractivity contribution in [2.45, 2.75) is 19.9 Å². The molecule has 1 rings (SSSR count). The standard InChI is InChI=1S/C14H19NO5/c1-3-19-12-8-6-5-7-10(12)13(17)15-11(9-16)14(18)20-4-2/h5-8,11,16H,3-4,9H2,1-2H3,(H,15,17)/t11-/m0/s1. The number of hydrogen-bond donors (Lipinski definition) is 2. The summed E-state index contributed by atoms with van der Waals surface area (Å²) in [5, 5.41) is 11.6. The van der Waals surface area contributed by atoms with E-state index in [4.69, 9.17) is 14.6 Å². The molecule has 1 atom stereocenters. The van der Waals surface area contributed by atoms with Crippen molar-refractivity contribution in [2.24, 2.45) is 0 Å². The molecule has 0 aliphatic rings. The molecule has 110 valence electrons. The molecule has 6 heteroatoms. The zero-order chi connectivity index (χ0) is 15.0. The highest BCUT2D eigenvalue weighted by Gasteiger charge is 2.23. The average molecular weight is 281 g/mol. The largest absolute Gasteiger partial charge is 0.493 e. The molecule has 0 radical (unpaired) electrons. The van der Waals surface area contributed by atoms with Crippen molar-refractivity contribution in [3.63, 3.8) is 0 Å². The van der Waals surface area contributed by atoms with Crippen LogP contribution < -0.4 is 10.1 Å². The Balaban J connectivity index is 2.81. The van der Waals surface area contributed by atoms with E-state index in [9.17, 15) is 9.59 Å². The molecule has 0 aliphatic carbocycles. The van der Waals surface area contributed by atoms with E-state index >= 15 is 0 Å². The van der Waals surface area contributed by atoms with Gasteiger partial charge >= 0.3 is 5.97 Å². The third-order valence-corrected chi connectivity index (χ3v) is 2.49. The first-order valence-electron chi connectivity index (χ1n) is 6.44. The van der Waals surface area contributed by atoms with Crippen molar-refractivity contribution in [3.05, 3.63) is 29.8 Å². The lowest BCUT2D eigenvalue weighted by atomic mass is 10.1. The first kappa shape index (κ1) is 16.0. The van der Waals surface area contributed by atoms with Crippen LogP contribution in [0.4, 0.5) is 0 Å². The van der Waals surface area contributed by atoms with Crippen LogP contribution in [-0.4, -0.2) is 42.8 Å². The Bertz CT molecular complexity index is 461. The molecule has 1 aromatic rings. The molecule has 0 fully saturated rings. The van der Waals surface area contributed by atoms with Gasteiger partial charge in [-0.25, -0.2) is 4.79 Å². The quantitative estimate of drug-likeness (QED) is 0.720. The molecule has 0 heterocycles. The summed E-state index contributed by atoms with van der Waals surface area (Å²) in [6, 6.07) is 5.60. The number of rotatable bonds is 7. The Labute approximate surface area is 117 Å². The van der Waals surface area contributed by atoms with Gasteiger partial charge in [-0.1, -0.05) is 12.1 Å². The summed E-state index contributed by atoms with van der Waals surface area (Å²) in [4.78, 5) is 23.6. The molecule has 6 nitrogen and oxygen atoms in total. The highest BCUT2D eigenvalue weighted by molar-refractivity contribution is 5.99. The topological polar surface area (TPSA) is 84.9 Å². The number of para-hydroxylation sites is 1. The van der Waals surface area contributed by atoms with Crippen LogP contribution in [0, 0.1) is 0 Å². The lowest BCUT2D eigenvalue weighted by Gasteiger charge is -2.16. The fourth-order valence-electron chi connectivity index (χ4n) is 1.59. The summed E-state index contributed by atoms with van der Waals surface area (Å²) in [5.41, 5.74) is 0.303. The highest BCUT2D eigenvalue weighted by atomic mass is 16.5. The van der Waals surface area contributed by atoms with Gasteiger partial charge in [0.1, 0.15) is 5.75 Å². The van der Waals surface area contributed by atoms with E-state index < -0.39 is 24.5 Å². The number of aliphatic hydroxyl groups is 1. The summed E-state index contributed by atoms with van der Waals surface area (Å²) in [6.45, 7) is 3.54. The molecule has 0 aromatic heterocycles. The zero-order valence-corrected chi connectivity index (χ0v) is 11.6. The van der Waals surface area contributed by atoms with E-state index in [1.807, 2.05) is 6.92 Å². The molecule has 1 aromatic carbocycles. The Morgan fingerprint density at radius 2 is 1.95 bits per heavy atom. The molecule has 0 aliphatic heterocycles. The zero-order valence-electron chi connectivity index (χ0n) is 11.6. The third kappa shape index (κ3) is 4.24. The number of carbonyl (C=O) groups is 2. The maximum atomic E-state index is 12.1. The van der Waals surface area contributed by atoms with Crippen molar-refractivity contribution in [1.29, 1.82) is 0 Å². The van der Waals surface area contributed by atoms with Crippen molar-refractivity contribution in [1.82, 2.24) is 5.32 Å². The van der Waals surface area contributed by atoms with Crippen LogP contribution in [0.3, 0.4) is 0 Å². The molecule has 0 bridgehead atoms. The van der Waals surface area contributed by atoms with Gasteiger partial charge in [0.05, 0.1) is 25.4 Å². The third-order valence-electron chi connectivity index (χ3n) is 2.49. The van der Waals surface area contributed by atoms with Gasteiger partial charge in [-0.3, -0.25) is 4.79 Å². The van der Waals surface area contributed by atoms with Crippen LogP contribution in [0.2, 0.25) is 0 Å². The first-order chi connectivity index (χ1) is 9.63. The van der Waals surface area contributed by atoms with Crippen LogP contribution in [0.25, 0.3) is 0 Å². The number of nitrogens with one attached hydrogen (secondary N) is 1. The maximum Gasteiger partial charge on any atom is 0.331 e. The van der Waals surface area contributed by atoms with Crippen molar-refractivity contribution in [3.8, 4) is 5.75 Å². The van der Waals surface area contributed by atoms with Gasteiger partial charge in [-0.15, -0.1) is 0 Å². The van der Waals surface area contributed by atoms with Crippen LogP contribution in [-0.2, 0) is 9.53 Å². The molecule has 0 spiro atoms. The van der Waals surface area contributed by atoms with Crippen molar-refractivity contribution < 1.29 is 24.2 Å². The molecule has 2 N–H and O–H groups in total. The Hall–Kier alpha value is -2.08. The molecule has 0 saturated carbocycles. The fraction of sp³-hybridized carbons (Fsp3) is 0.429. The minimum Gasteiger partial charge on any atom is -0.493 e. The number of benzene rings is 1. The number of hydrogen-bond acceptors (Lipinski definition) is 5. The number of carbonyl (C=O) groups excluding carboxylic acids is 2. The molecular formula is C14H19NO5. The smallest absolute Gasteiger partial charge is 0.331 e. The lowest BCUT2D eigenvalue weighted by Crippen LogP contribution is -2.44. The summed E-state index contributed by atoms with van der Waals surface area (Å²) in [7, 11) is 0.